The topological polar surface area (TPSA) is 77.3 Å². The minimum absolute atomic E-state index is 0.149. The van der Waals surface area contributed by atoms with Gasteiger partial charge in [-0.1, -0.05) is 24.3 Å². The van der Waals surface area contributed by atoms with Gasteiger partial charge in [0.15, 0.2) is 0 Å². The third-order valence-electron chi connectivity index (χ3n) is 5.32. The molecule has 0 aliphatic carbocycles. The second-order valence-electron chi connectivity index (χ2n) is 7.33. The number of methoxy groups -OCH3 is 1. The van der Waals surface area contributed by atoms with E-state index < -0.39 is 0 Å². The van der Waals surface area contributed by atoms with Gasteiger partial charge in [-0.15, -0.1) is 0 Å². The lowest BCUT2D eigenvalue weighted by molar-refractivity contribution is -0.119. The number of hydrogen-bond donors (Lipinski definition) is 0. The molecule has 162 valence electrons. The van der Waals surface area contributed by atoms with Crippen molar-refractivity contribution in [1.82, 2.24) is 14.8 Å². The van der Waals surface area contributed by atoms with Crippen LogP contribution in [0, 0.1) is 0 Å². The molecule has 0 aliphatic heterocycles. The predicted molar refractivity (Wildman–Crippen MR) is 124 cm³/mol. The molecule has 0 fully saturated rings. The van der Waals surface area contributed by atoms with Crippen molar-refractivity contribution < 1.29 is 9.53 Å². The molecule has 32 heavy (non-hydrogen) atoms. The second kappa shape index (κ2) is 9.43. The van der Waals surface area contributed by atoms with E-state index in [2.05, 4.69) is 10.1 Å². The highest BCUT2D eigenvalue weighted by Crippen LogP contribution is 2.20. The van der Waals surface area contributed by atoms with Crippen molar-refractivity contribution in [3.8, 4) is 5.75 Å². The number of hydrogen-bond acceptors (Lipinski definition) is 5. The van der Waals surface area contributed by atoms with E-state index in [1.165, 1.54) is 4.68 Å². The summed E-state index contributed by atoms with van der Waals surface area (Å²) in [5, 5.41) is 5.91. The lowest BCUT2D eigenvalue weighted by atomic mass is 10.1. The first-order valence-corrected chi connectivity index (χ1v) is 10.4. The highest BCUT2D eigenvalue weighted by atomic mass is 16.5. The van der Waals surface area contributed by atoms with E-state index in [0.29, 0.717) is 24.1 Å². The molecule has 1 amide bonds. The largest absolute Gasteiger partial charge is 0.497 e. The number of carbonyl (C=O) groups is 1. The van der Waals surface area contributed by atoms with E-state index in [4.69, 9.17) is 4.74 Å². The highest BCUT2D eigenvalue weighted by Gasteiger charge is 2.18. The van der Waals surface area contributed by atoms with Crippen molar-refractivity contribution in [3.63, 3.8) is 0 Å². The van der Waals surface area contributed by atoms with Gasteiger partial charge in [-0.05, 0) is 48.9 Å². The first-order valence-electron chi connectivity index (χ1n) is 10.4. The Morgan fingerprint density at radius 3 is 2.44 bits per heavy atom. The molecule has 0 spiro atoms. The quantitative estimate of drug-likeness (QED) is 0.451. The highest BCUT2D eigenvalue weighted by molar-refractivity contribution is 5.93. The average Bonchev–Trinajstić information content (AvgIpc) is 2.83. The summed E-state index contributed by atoms with van der Waals surface area (Å²) in [4.78, 5) is 32.0. The number of pyridine rings is 1. The molecule has 7 nitrogen and oxygen atoms in total. The summed E-state index contributed by atoms with van der Waals surface area (Å²) in [7, 11) is 1.60. The molecule has 0 atom stereocenters. The lowest BCUT2D eigenvalue weighted by Gasteiger charge is -2.22. The molecule has 2 aromatic carbocycles. The molecule has 7 heteroatoms. The van der Waals surface area contributed by atoms with Gasteiger partial charge in [0.05, 0.1) is 18.2 Å². The molecule has 0 saturated heterocycles. The summed E-state index contributed by atoms with van der Waals surface area (Å²) in [5.41, 5.74) is 2.17. The van der Waals surface area contributed by atoms with Crippen LogP contribution in [0.2, 0.25) is 0 Å². The van der Waals surface area contributed by atoms with Crippen LogP contribution in [0.3, 0.4) is 0 Å². The number of fused-ring (bicyclic) bond motifs is 1. The third-order valence-corrected chi connectivity index (χ3v) is 5.32. The third kappa shape index (κ3) is 4.37. The molecular weight excluding hydrogens is 404 g/mol. The Balaban J connectivity index is 1.69. The Kier molecular flexibility index (Phi) is 6.26. The summed E-state index contributed by atoms with van der Waals surface area (Å²) in [6.07, 6.45) is 4.01. The predicted octanol–water partition coefficient (Wildman–Crippen LogP) is 3.44. The summed E-state index contributed by atoms with van der Waals surface area (Å²) in [6, 6.07) is 18.4. The maximum atomic E-state index is 13.1. The summed E-state index contributed by atoms with van der Waals surface area (Å²) in [5.74, 6) is 0.500. The Morgan fingerprint density at radius 2 is 1.78 bits per heavy atom. The van der Waals surface area contributed by atoms with Gasteiger partial charge in [0.1, 0.15) is 12.3 Å². The number of ether oxygens (including phenoxy) is 1. The molecule has 0 unspecified atom stereocenters. The molecule has 0 bridgehead atoms. The van der Waals surface area contributed by atoms with E-state index in [-0.39, 0.29) is 18.0 Å². The van der Waals surface area contributed by atoms with Crippen molar-refractivity contribution in [3.05, 3.63) is 94.7 Å². The maximum Gasteiger partial charge on any atom is 0.275 e. The zero-order valence-electron chi connectivity index (χ0n) is 18.1. The van der Waals surface area contributed by atoms with Crippen LogP contribution in [-0.4, -0.2) is 34.3 Å². The summed E-state index contributed by atoms with van der Waals surface area (Å²) < 4.78 is 6.46. The monoisotopic (exact) mass is 428 g/mol. The molecule has 2 aromatic heterocycles. The fraction of sp³-hybridized carbons (Fsp3) is 0.200. The van der Waals surface area contributed by atoms with Gasteiger partial charge in [-0.3, -0.25) is 14.6 Å². The lowest BCUT2D eigenvalue weighted by Crippen LogP contribution is -2.37. The Labute approximate surface area is 185 Å². The maximum absolute atomic E-state index is 13.1. The van der Waals surface area contributed by atoms with Crippen molar-refractivity contribution in [2.24, 2.45) is 0 Å². The molecular formula is C25H24N4O3. The Morgan fingerprint density at radius 1 is 1.03 bits per heavy atom. The van der Waals surface area contributed by atoms with Crippen LogP contribution in [0.5, 0.6) is 5.75 Å². The minimum Gasteiger partial charge on any atom is -0.497 e. The van der Waals surface area contributed by atoms with Crippen LogP contribution in [0.4, 0.5) is 5.69 Å². The molecule has 0 N–H and O–H groups in total. The van der Waals surface area contributed by atoms with Crippen molar-refractivity contribution >= 4 is 22.4 Å². The van der Waals surface area contributed by atoms with Gasteiger partial charge in [-0.2, -0.15) is 5.10 Å². The number of aromatic nitrogens is 3. The van der Waals surface area contributed by atoms with E-state index in [0.717, 1.165) is 22.3 Å². The van der Waals surface area contributed by atoms with Crippen LogP contribution >= 0.6 is 0 Å². The van der Waals surface area contributed by atoms with Gasteiger partial charge >= 0.3 is 0 Å². The number of carbonyl (C=O) groups excluding carboxylic acids is 1. The van der Waals surface area contributed by atoms with E-state index in [9.17, 15) is 9.59 Å². The van der Waals surface area contributed by atoms with E-state index in [1.807, 2.05) is 49.4 Å². The zero-order valence-corrected chi connectivity index (χ0v) is 18.1. The van der Waals surface area contributed by atoms with E-state index >= 15 is 0 Å². The summed E-state index contributed by atoms with van der Waals surface area (Å²) in [6.45, 7) is 2.21. The fourth-order valence-electron chi connectivity index (χ4n) is 3.72. The molecule has 0 saturated carbocycles. The smallest absolute Gasteiger partial charge is 0.275 e. The molecule has 2 heterocycles. The fourth-order valence-corrected chi connectivity index (χ4v) is 3.72. The number of rotatable bonds is 7. The van der Waals surface area contributed by atoms with Gasteiger partial charge < -0.3 is 9.64 Å². The van der Waals surface area contributed by atoms with Gasteiger partial charge in [0.25, 0.3) is 5.56 Å². The van der Waals surface area contributed by atoms with Crippen molar-refractivity contribution in [2.45, 2.75) is 19.9 Å². The molecule has 0 radical (unpaired) electrons. The number of nitrogens with zero attached hydrogens (tertiary/aromatic N) is 4. The Hall–Kier alpha value is -4.00. The Bertz CT molecular complexity index is 1280. The van der Waals surface area contributed by atoms with Crippen molar-refractivity contribution in [2.75, 3.05) is 18.6 Å². The van der Waals surface area contributed by atoms with Crippen LogP contribution < -0.4 is 15.2 Å². The molecule has 0 aliphatic rings. The van der Waals surface area contributed by atoms with Crippen LogP contribution in [0.1, 0.15) is 18.2 Å². The second-order valence-corrected chi connectivity index (χ2v) is 7.33. The van der Waals surface area contributed by atoms with Crippen LogP contribution in [-0.2, 0) is 17.8 Å². The first kappa shape index (κ1) is 21.2. The van der Waals surface area contributed by atoms with Gasteiger partial charge in [0, 0.05) is 36.4 Å². The molecule has 4 aromatic rings. The van der Waals surface area contributed by atoms with Gasteiger partial charge in [0.2, 0.25) is 5.91 Å². The zero-order chi connectivity index (χ0) is 22.5. The average molecular weight is 428 g/mol. The number of amides is 1. The van der Waals surface area contributed by atoms with Gasteiger partial charge in [-0.25, -0.2) is 4.68 Å². The standard InChI is InChI=1S/C25H24N4O3/c1-3-28(19-10-12-20(32-2)13-11-19)24(30)17-29-25(31)22-9-5-4-8-21(22)23(27-29)15-18-7-6-14-26-16-18/h4-14,16H,3,15,17H2,1-2H3. The normalized spacial score (nSPS) is 10.8. The first-order chi connectivity index (χ1) is 15.6. The summed E-state index contributed by atoms with van der Waals surface area (Å²) >= 11 is 0. The van der Waals surface area contributed by atoms with Crippen LogP contribution in [0.15, 0.2) is 77.9 Å². The minimum atomic E-state index is -0.283. The van der Waals surface area contributed by atoms with Crippen LogP contribution in [0.25, 0.3) is 10.8 Å². The van der Waals surface area contributed by atoms with E-state index in [1.54, 1.807) is 42.6 Å². The SMILES string of the molecule is CCN(C(=O)Cn1nc(Cc2cccnc2)c2ccccc2c1=O)c1ccc(OC)cc1. The van der Waals surface area contributed by atoms with Crippen molar-refractivity contribution in [1.29, 1.82) is 0 Å². The molecule has 4 rings (SSSR count). The number of anilines is 1. The number of benzene rings is 2. The number of likely N-dealkylation sites (N-methyl/N-ethyl adjacent to an activating group) is 1.